The van der Waals surface area contributed by atoms with Gasteiger partial charge >= 0.3 is 5.97 Å². The van der Waals surface area contributed by atoms with E-state index in [9.17, 15) is 4.79 Å². The number of carboxylic acids is 1. The second-order valence-electron chi connectivity index (χ2n) is 4.10. The van der Waals surface area contributed by atoms with Crippen LogP contribution in [0.15, 0.2) is 46.5 Å². The van der Waals surface area contributed by atoms with Gasteiger partial charge in [-0.05, 0) is 30.3 Å². The molecule has 5 nitrogen and oxygen atoms in total. The Morgan fingerprint density at radius 1 is 1.15 bits per heavy atom. The molecular formula is C14H11NO4S. The highest BCUT2D eigenvalue weighted by Crippen LogP contribution is 2.36. The van der Waals surface area contributed by atoms with Crippen LogP contribution in [-0.4, -0.2) is 29.3 Å². The van der Waals surface area contributed by atoms with Crippen molar-refractivity contribution in [3.8, 4) is 11.5 Å². The lowest BCUT2D eigenvalue weighted by atomic mass is 10.3. The number of hydrogen-bond donors (Lipinski definition) is 1. The largest absolute Gasteiger partial charge is 0.486 e. The molecule has 1 aromatic carbocycles. The molecule has 1 aliphatic rings. The molecule has 0 bridgehead atoms. The average Bonchev–Trinajstić information content (AvgIpc) is 2.48. The van der Waals surface area contributed by atoms with Gasteiger partial charge in [-0.3, -0.25) is 0 Å². The summed E-state index contributed by atoms with van der Waals surface area (Å²) < 4.78 is 11.0. The van der Waals surface area contributed by atoms with Crippen molar-refractivity contribution < 1.29 is 19.4 Å². The number of aromatic nitrogens is 1. The van der Waals surface area contributed by atoms with Crippen LogP contribution in [0.2, 0.25) is 0 Å². The van der Waals surface area contributed by atoms with Gasteiger partial charge < -0.3 is 14.6 Å². The molecule has 0 spiro atoms. The first-order chi connectivity index (χ1) is 9.72. The van der Waals surface area contributed by atoms with E-state index in [1.54, 1.807) is 6.07 Å². The molecule has 0 saturated carbocycles. The molecule has 102 valence electrons. The summed E-state index contributed by atoms with van der Waals surface area (Å²) in [5.74, 6) is 0.492. The van der Waals surface area contributed by atoms with E-state index in [1.807, 2.05) is 18.2 Å². The van der Waals surface area contributed by atoms with Gasteiger partial charge in [-0.2, -0.15) is 0 Å². The molecule has 0 fully saturated rings. The summed E-state index contributed by atoms with van der Waals surface area (Å²) in [7, 11) is 0. The summed E-state index contributed by atoms with van der Waals surface area (Å²) in [5, 5.41) is 9.55. The van der Waals surface area contributed by atoms with Crippen molar-refractivity contribution in [3.63, 3.8) is 0 Å². The number of hydrogen-bond acceptors (Lipinski definition) is 5. The van der Waals surface area contributed by atoms with Crippen LogP contribution in [0.25, 0.3) is 0 Å². The minimum atomic E-state index is -0.978. The second kappa shape index (κ2) is 5.42. The van der Waals surface area contributed by atoms with Crippen molar-refractivity contribution in [2.24, 2.45) is 0 Å². The minimum absolute atomic E-state index is 0.177. The van der Waals surface area contributed by atoms with E-state index in [4.69, 9.17) is 14.6 Å². The molecular weight excluding hydrogens is 278 g/mol. The van der Waals surface area contributed by atoms with Gasteiger partial charge in [-0.15, -0.1) is 0 Å². The third-order valence-corrected chi connectivity index (χ3v) is 3.66. The molecule has 2 heterocycles. The lowest BCUT2D eigenvalue weighted by Gasteiger charge is -2.18. The lowest BCUT2D eigenvalue weighted by molar-refractivity contribution is 0.0696. The van der Waals surface area contributed by atoms with E-state index in [0.29, 0.717) is 13.2 Å². The maximum Gasteiger partial charge on any atom is 0.337 e. The Bertz CT molecular complexity index is 642. The molecule has 6 heteroatoms. The maximum absolute atomic E-state index is 10.8. The monoisotopic (exact) mass is 289 g/mol. The molecule has 3 rings (SSSR count). The number of rotatable bonds is 3. The molecule has 1 aliphatic heterocycles. The number of aromatic carboxylic acids is 1. The Balaban J connectivity index is 1.78. The molecule has 0 radical (unpaired) electrons. The molecule has 1 aromatic heterocycles. The van der Waals surface area contributed by atoms with Gasteiger partial charge in [-0.1, -0.05) is 11.8 Å². The fraction of sp³-hybridized carbons (Fsp3) is 0.143. The maximum atomic E-state index is 10.8. The van der Waals surface area contributed by atoms with Crippen LogP contribution in [0.3, 0.4) is 0 Å². The highest BCUT2D eigenvalue weighted by molar-refractivity contribution is 7.99. The molecule has 0 aliphatic carbocycles. The summed E-state index contributed by atoms with van der Waals surface area (Å²) in [6.45, 7) is 1.12. The molecule has 2 aromatic rings. The number of carboxylic acid groups (broad SMARTS) is 1. The molecule has 0 unspecified atom stereocenters. The highest BCUT2D eigenvalue weighted by Gasteiger charge is 2.12. The first-order valence-electron chi connectivity index (χ1n) is 5.99. The summed E-state index contributed by atoms with van der Waals surface area (Å²) in [5.41, 5.74) is 0.177. The van der Waals surface area contributed by atoms with Gasteiger partial charge in [0.25, 0.3) is 0 Å². The zero-order valence-corrected chi connectivity index (χ0v) is 11.2. The van der Waals surface area contributed by atoms with Crippen LogP contribution in [-0.2, 0) is 0 Å². The Morgan fingerprint density at radius 3 is 2.65 bits per heavy atom. The normalized spacial score (nSPS) is 13.0. The average molecular weight is 289 g/mol. The third kappa shape index (κ3) is 2.70. The smallest absolute Gasteiger partial charge is 0.337 e. The predicted octanol–water partition coefficient (Wildman–Crippen LogP) is 2.70. The molecule has 0 saturated heterocycles. The number of carbonyl (C=O) groups is 1. The molecule has 20 heavy (non-hydrogen) atoms. The number of nitrogens with zero attached hydrogens (tertiary/aromatic N) is 1. The van der Waals surface area contributed by atoms with Crippen LogP contribution in [0.1, 0.15) is 10.4 Å². The van der Waals surface area contributed by atoms with E-state index in [0.717, 1.165) is 21.4 Å². The fourth-order valence-electron chi connectivity index (χ4n) is 1.78. The fourth-order valence-corrected chi connectivity index (χ4v) is 2.56. The van der Waals surface area contributed by atoms with Gasteiger partial charge in [0, 0.05) is 11.1 Å². The SMILES string of the molecule is O=C(O)c1ccc(Sc2ccc3c(c2)OCCO3)nc1. The summed E-state index contributed by atoms with van der Waals surface area (Å²) in [6, 6.07) is 8.90. The van der Waals surface area contributed by atoms with E-state index in [2.05, 4.69) is 4.98 Å². The lowest BCUT2D eigenvalue weighted by Crippen LogP contribution is -2.15. The number of ether oxygens (including phenoxy) is 2. The van der Waals surface area contributed by atoms with E-state index >= 15 is 0 Å². The molecule has 1 N–H and O–H groups in total. The minimum Gasteiger partial charge on any atom is -0.486 e. The van der Waals surface area contributed by atoms with Crippen LogP contribution in [0, 0.1) is 0 Å². The van der Waals surface area contributed by atoms with Gasteiger partial charge in [0.05, 0.1) is 5.56 Å². The quantitative estimate of drug-likeness (QED) is 0.937. The van der Waals surface area contributed by atoms with Gasteiger partial charge in [0.15, 0.2) is 11.5 Å². The van der Waals surface area contributed by atoms with Gasteiger partial charge in [0.1, 0.15) is 18.2 Å². The van der Waals surface area contributed by atoms with Crippen molar-refractivity contribution in [1.82, 2.24) is 4.98 Å². The van der Waals surface area contributed by atoms with Crippen molar-refractivity contribution in [2.45, 2.75) is 9.92 Å². The van der Waals surface area contributed by atoms with Crippen LogP contribution in [0.5, 0.6) is 11.5 Å². The van der Waals surface area contributed by atoms with Crippen molar-refractivity contribution in [3.05, 3.63) is 42.1 Å². The number of fused-ring (bicyclic) bond motifs is 1. The predicted molar refractivity (Wildman–Crippen MR) is 72.8 cm³/mol. The summed E-state index contributed by atoms with van der Waals surface area (Å²) >= 11 is 1.44. The van der Waals surface area contributed by atoms with Crippen molar-refractivity contribution >= 4 is 17.7 Å². The zero-order valence-electron chi connectivity index (χ0n) is 10.4. The summed E-state index contributed by atoms with van der Waals surface area (Å²) in [6.07, 6.45) is 1.35. The second-order valence-corrected chi connectivity index (χ2v) is 5.19. The Kier molecular flexibility index (Phi) is 3.47. The van der Waals surface area contributed by atoms with E-state index < -0.39 is 5.97 Å². The van der Waals surface area contributed by atoms with Crippen LogP contribution < -0.4 is 9.47 Å². The Labute approximate surface area is 119 Å². The van der Waals surface area contributed by atoms with Gasteiger partial charge in [0.2, 0.25) is 0 Å². The van der Waals surface area contributed by atoms with Crippen LogP contribution in [0.4, 0.5) is 0 Å². The highest BCUT2D eigenvalue weighted by atomic mass is 32.2. The first kappa shape index (κ1) is 12.8. The van der Waals surface area contributed by atoms with Crippen molar-refractivity contribution in [1.29, 1.82) is 0 Å². The zero-order chi connectivity index (χ0) is 13.9. The standard InChI is InChI=1S/C14H11NO4S/c16-14(17)9-1-4-13(15-8-9)20-10-2-3-11-12(7-10)19-6-5-18-11/h1-4,7-8H,5-6H2,(H,16,17). The molecule has 0 amide bonds. The van der Waals surface area contributed by atoms with Gasteiger partial charge in [-0.25, -0.2) is 9.78 Å². The van der Waals surface area contributed by atoms with Crippen molar-refractivity contribution in [2.75, 3.05) is 13.2 Å². The topological polar surface area (TPSA) is 68.7 Å². The Morgan fingerprint density at radius 2 is 1.95 bits per heavy atom. The summed E-state index contributed by atoms with van der Waals surface area (Å²) in [4.78, 5) is 15.8. The van der Waals surface area contributed by atoms with E-state index in [-0.39, 0.29) is 5.56 Å². The van der Waals surface area contributed by atoms with E-state index in [1.165, 1.54) is 24.0 Å². The van der Waals surface area contributed by atoms with Crippen LogP contribution >= 0.6 is 11.8 Å². The Hall–Kier alpha value is -2.21. The number of benzene rings is 1. The molecule has 0 atom stereocenters. The first-order valence-corrected chi connectivity index (χ1v) is 6.81. The third-order valence-electron chi connectivity index (χ3n) is 2.72. The number of pyridine rings is 1.